The first-order valence-electron chi connectivity index (χ1n) is 16.1. The summed E-state index contributed by atoms with van der Waals surface area (Å²) >= 11 is 0. The highest BCUT2D eigenvalue weighted by molar-refractivity contribution is 5.69. The van der Waals surface area contributed by atoms with Gasteiger partial charge in [0.05, 0.1) is 17.4 Å². The molecule has 1 aromatic heterocycles. The van der Waals surface area contributed by atoms with Gasteiger partial charge in [-0.1, -0.05) is 130 Å². The van der Waals surface area contributed by atoms with Crippen molar-refractivity contribution in [2.45, 2.75) is 71.6 Å². The summed E-state index contributed by atoms with van der Waals surface area (Å²) in [6.07, 6.45) is 5.52. The lowest BCUT2D eigenvalue weighted by Crippen LogP contribution is -2.30. The average Bonchev–Trinajstić information content (AvgIpc) is 3.70. The van der Waals surface area contributed by atoms with Crippen LogP contribution in [0.25, 0.3) is 22.6 Å². The van der Waals surface area contributed by atoms with E-state index in [-0.39, 0.29) is 12.8 Å². The number of nitrogens with zero attached hydrogens (tertiary/aromatic N) is 3. The Morgan fingerprint density at radius 1 is 0.705 bits per heavy atom. The summed E-state index contributed by atoms with van der Waals surface area (Å²) in [4.78, 5) is 8.13. The molecule has 1 unspecified atom stereocenters. The maximum Gasteiger partial charge on any atom is 0.231 e. The largest absolute Gasteiger partial charge is 0.454 e. The summed E-state index contributed by atoms with van der Waals surface area (Å²) in [7, 11) is 0. The molecule has 4 aromatic carbocycles. The van der Waals surface area contributed by atoms with Gasteiger partial charge in [-0.25, -0.2) is 4.98 Å². The molecule has 0 fully saturated rings. The molecular weight excluding hydrogens is 542 g/mol. The van der Waals surface area contributed by atoms with Crippen LogP contribution < -0.4 is 9.47 Å². The Balaban J connectivity index is 1.53. The summed E-state index contributed by atoms with van der Waals surface area (Å²) in [6.45, 7) is 7.39. The van der Waals surface area contributed by atoms with Crippen LogP contribution in [0.15, 0.2) is 109 Å². The van der Waals surface area contributed by atoms with E-state index in [2.05, 4.69) is 126 Å². The summed E-state index contributed by atoms with van der Waals surface area (Å²) in [5, 5.41) is 0. The van der Waals surface area contributed by atoms with Crippen LogP contribution >= 0.6 is 0 Å². The molecule has 1 atom stereocenters. The van der Waals surface area contributed by atoms with Gasteiger partial charge in [-0.3, -0.25) is 4.90 Å². The summed E-state index contributed by atoms with van der Waals surface area (Å²) in [6, 6.07) is 38.9. The number of aromatic nitrogens is 2. The number of benzene rings is 4. The predicted octanol–water partition coefficient (Wildman–Crippen LogP) is 9.68. The third-order valence-corrected chi connectivity index (χ3v) is 8.46. The van der Waals surface area contributed by atoms with Gasteiger partial charge < -0.3 is 14.0 Å². The monoisotopic (exact) mass is 585 g/mol. The molecular formula is C39H43N3O2. The number of hydrogen-bond donors (Lipinski definition) is 0. The Hall–Kier alpha value is -4.35. The third kappa shape index (κ3) is 6.74. The van der Waals surface area contributed by atoms with E-state index < -0.39 is 0 Å². The lowest BCUT2D eigenvalue weighted by Gasteiger charge is -2.34. The summed E-state index contributed by atoms with van der Waals surface area (Å²) < 4.78 is 14.0. The van der Waals surface area contributed by atoms with Gasteiger partial charge in [0, 0.05) is 30.8 Å². The van der Waals surface area contributed by atoms with Crippen molar-refractivity contribution in [2.75, 3.05) is 6.79 Å². The molecule has 0 radical (unpaired) electrons. The highest BCUT2D eigenvalue weighted by atomic mass is 16.7. The van der Waals surface area contributed by atoms with Crippen molar-refractivity contribution in [3.63, 3.8) is 0 Å². The Morgan fingerprint density at radius 3 is 2.05 bits per heavy atom. The minimum atomic E-state index is 0.151. The normalized spacial score (nSPS) is 13.0. The lowest BCUT2D eigenvalue weighted by molar-refractivity contribution is 0.159. The van der Waals surface area contributed by atoms with Crippen LogP contribution in [0.1, 0.15) is 68.8 Å². The van der Waals surface area contributed by atoms with Gasteiger partial charge in [0.1, 0.15) is 5.82 Å². The first kappa shape index (κ1) is 29.7. The minimum absolute atomic E-state index is 0.151. The smallest absolute Gasteiger partial charge is 0.231 e. The van der Waals surface area contributed by atoms with Crippen LogP contribution in [0, 0.1) is 0 Å². The second-order valence-corrected chi connectivity index (χ2v) is 11.6. The molecule has 0 bridgehead atoms. The van der Waals surface area contributed by atoms with Crippen molar-refractivity contribution < 1.29 is 9.47 Å². The van der Waals surface area contributed by atoms with Crippen molar-refractivity contribution in [3.05, 3.63) is 126 Å². The van der Waals surface area contributed by atoms with Crippen molar-refractivity contribution >= 4 is 0 Å². The quantitative estimate of drug-likeness (QED) is 0.130. The van der Waals surface area contributed by atoms with E-state index in [0.29, 0.717) is 0 Å². The molecule has 44 heavy (non-hydrogen) atoms. The van der Waals surface area contributed by atoms with Crippen LogP contribution in [0.3, 0.4) is 0 Å². The predicted molar refractivity (Wildman–Crippen MR) is 179 cm³/mol. The lowest BCUT2D eigenvalue weighted by atomic mass is 9.98. The van der Waals surface area contributed by atoms with Gasteiger partial charge in [-0.05, 0) is 36.1 Å². The van der Waals surface area contributed by atoms with Crippen molar-refractivity contribution in [2.24, 2.45) is 0 Å². The molecule has 5 heteroatoms. The fourth-order valence-corrected chi connectivity index (χ4v) is 6.22. The molecule has 5 nitrogen and oxygen atoms in total. The first-order chi connectivity index (χ1) is 21.7. The Bertz CT molecular complexity index is 1620. The van der Waals surface area contributed by atoms with E-state index in [9.17, 15) is 0 Å². The number of imidazole rings is 1. The second kappa shape index (κ2) is 14.4. The van der Waals surface area contributed by atoms with Gasteiger partial charge in [0.2, 0.25) is 6.79 Å². The number of ether oxygens (including phenoxy) is 2. The van der Waals surface area contributed by atoms with Gasteiger partial charge in [0.25, 0.3) is 0 Å². The van der Waals surface area contributed by atoms with Gasteiger partial charge in [0.15, 0.2) is 11.5 Å². The second-order valence-electron chi connectivity index (χ2n) is 11.6. The highest BCUT2D eigenvalue weighted by Crippen LogP contribution is 2.40. The fraction of sp³-hybridized carbons (Fsp3) is 0.308. The Morgan fingerprint density at radius 2 is 1.34 bits per heavy atom. The molecule has 2 heterocycles. The molecule has 0 saturated carbocycles. The molecule has 1 aliphatic heterocycles. The molecule has 1 aliphatic rings. The van der Waals surface area contributed by atoms with Gasteiger partial charge in [-0.2, -0.15) is 0 Å². The zero-order valence-corrected chi connectivity index (χ0v) is 26.0. The summed E-state index contributed by atoms with van der Waals surface area (Å²) in [5.41, 5.74) is 7.25. The highest BCUT2D eigenvalue weighted by Gasteiger charge is 2.30. The number of hydrogen-bond acceptors (Lipinski definition) is 4. The van der Waals surface area contributed by atoms with E-state index in [4.69, 9.17) is 14.5 Å². The molecule has 6 rings (SSSR count). The average molecular weight is 586 g/mol. The number of rotatable bonds is 14. The fourth-order valence-electron chi connectivity index (χ4n) is 6.22. The third-order valence-electron chi connectivity index (χ3n) is 8.46. The Kier molecular flexibility index (Phi) is 9.73. The molecule has 226 valence electrons. The van der Waals surface area contributed by atoms with Gasteiger partial charge in [-0.15, -0.1) is 0 Å². The first-order valence-corrected chi connectivity index (χ1v) is 16.1. The van der Waals surface area contributed by atoms with E-state index in [1.165, 1.54) is 22.4 Å². The number of unbranched alkanes of at least 4 members (excludes halogenated alkanes) is 2. The maximum atomic E-state index is 5.79. The zero-order chi connectivity index (χ0) is 30.1. The van der Waals surface area contributed by atoms with E-state index in [0.717, 1.165) is 80.3 Å². The standard InChI is InChI=1S/C39H43N3O2/c1-3-5-22-34(41(27-30-16-10-7-11-17-30)28-31-23-24-35-36(26-31)44-29-43-35)38-37(32-18-12-8-13-19-32)40-39(42(38)25-6-4-2)33-20-14-9-15-21-33/h7-21,23-24,26,34H,3-6,22,25,27-29H2,1-2H3. The topological polar surface area (TPSA) is 39.5 Å². The van der Waals surface area contributed by atoms with E-state index >= 15 is 0 Å². The van der Waals surface area contributed by atoms with E-state index in [1.807, 2.05) is 6.07 Å². The molecule has 0 N–H and O–H groups in total. The number of fused-ring (bicyclic) bond motifs is 1. The molecule has 0 saturated heterocycles. The molecule has 5 aromatic rings. The van der Waals surface area contributed by atoms with Crippen LogP contribution in [-0.2, 0) is 19.6 Å². The van der Waals surface area contributed by atoms with Crippen molar-refractivity contribution in [1.29, 1.82) is 0 Å². The van der Waals surface area contributed by atoms with Crippen molar-refractivity contribution in [1.82, 2.24) is 14.5 Å². The molecule has 0 amide bonds. The maximum absolute atomic E-state index is 5.79. The minimum Gasteiger partial charge on any atom is -0.454 e. The van der Waals surface area contributed by atoms with E-state index in [1.54, 1.807) is 0 Å². The molecule has 0 aliphatic carbocycles. The summed E-state index contributed by atoms with van der Waals surface area (Å²) in [5.74, 6) is 2.70. The zero-order valence-electron chi connectivity index (χ0n) is 26.0. The van der Waals surface area contributed by atoms with Crippen LogP contribution in [0.2, 0.25) is 0 Å². The van der Waals surface area contributed by atoms with Crippen LogP contribution in [0.4, 0.5) is 0 Å². The van der Waals surface area contributed by atoms with Crippen molar-refractivity contribution in [3.8, 4) is 34.1 Å². The van der Waals surface area contributed by atoms with Gasteiger partial charge >= 0.3 is 0 Å². The molecule has 0 spiro atoms. The SMILES string of the molecule is CCCCC(c1c(-c2ccccc2)nc(-c2ccccc2)n1CCCC)N(Cc1ccccc1)Cc1ccc2c(c1)OCO2. The van der Waals surface area contributed by atoms with Crippen LogP contribution in [-0.4, -0.2) is 21.2 Å². The Labute approximate surface area is 262 Å². The van der Waals surface area contributed by atoms with Crippen LogP contribution in [0.5, 0.6) is 11.5 Å².